The van der Waals surface area contributed by atoms with E-state index in [1.807, 2.05) is 41.7 Å². The van der Waals surface area contributed by atoms with Crippen molar-refractivity contribution in [3.8, 4) is 11.5 Å². The van der Waals surface area contributed by atoms with Gasteiger partial charge in [-0.3, -0.25) is 0 Å². The van der Waals surface area contributed by atoms with E-state index in [0.717, 1.165) is 44.5 Å². The molecule has 0 N–H and O–H groups in total. The first kappa shape index (κ1) is 22.1. The molecule has 184 valence electrons. The maximum Gasteiger partial charge on any atom is 0.227 e. The van der Waals surface area contributed by atoms with Crippen molar-refractivity contribution in [1.29, 1.82) is 0 Å². The van der Waals surface area contributed by atoms with E-state index in [4.69, 9.17) is 9.40 Å². The Kier molecular flexibility index (Phi) is 5.00. The predicted molar refractivity (Wildman–Crippen MR) is 165 cm³/mol. The number of para-hydroxylation sites is 1. The number of benzene rings is 6. The lowest BCUT2D eigenvalue weighted by Crippen LogP contribution is -2.10. The molecular formula is C35H22N2OS. The third kappa shape index (κ3) is 3.61. The molecule has 0 bridgehead atoms. The zero-order valence-corrected chi connectivity index (χ0v) is 21.7. The van der Waals surface area contributed by atoms with Gasteiger partial charge in [0.25, 0.3) is 0 Å². The number of fused-ring (bicyclic) bond motifs is 6. The van der Waals surface area contributed by atoms with Crippen LogP contribution in [-0.4, -0.2) is 4.98 Å². The summed E-state index contributed by atoms with van der Waals surface area (Å²) >= 11 is 1.83. The van der Waals surface area contributed by atoms with Crippen LogP contribution >= 0.6 is 11.3 Å². The highest BCUT2D eigenvalue weighted by atomic mass is 32.1. The lowest BCUT2D eigenvalue weighted by atomic mass is 10.1. The van der Waals surface area contributed by atoms with E-state index in [9.17, 15) is 0 Å². The first-order chi connectivity index (χ1) is 19.3. The lowest BCUT2D eigenvalue weighted by Gasteiger charge is -2.26. The van der Waals surface area contributed by atoms with Gasteiger partial charge in [0.1, 0.15) is 5.52 Å². The molecule has 0 saturated heterocycles. The van der Waals surface area contributed by atoms with Crippen LogP contribution in [-0.2, 0) is 0 Å². The van der Waals surface area contributed by atoms with Crippen molar-refractivity contribution < 1.29 is 4.42 Å². The molecule has 0 spiro atoms. The Morgan fingerprint density at radius 1 is 0.564 bits per heavy atom. The summed E-state index contributed by atoms with van der Waals surface area (Å²) < 4.78 is 9.09. The minimum atomic E-state index is 0.621. The molecule has 4 heteroatoms. The molecule has 0 aliphatic carbocycles. The molecular weight excluding hydrogens is 496 g/mol. The van der Waals surface area contributed by atoms with Crippen LogP contribution < -0.4 is 4.90 Å². The second-order valence-corrected chi connectivity index (χ2v) is 10.7. The average Bonchev–Trinajstić information content (AvgIpc) is 3.61. The highest BCUT2D eigenvalue weighted by Gasteiger charge is 2.22. The van der Waals surface area contributed by atoms with Crippen molar-refractivity contribution >= 4 is 70.4 Å². The molecule has 0 aliphatic heterocycles. The van der Waals surface area contributed by atoms with E-state index in [1.165, 1.54) is 20.2 Å². The number of hydrogen-bond acceptors (Lipinski definition) is 4. The first-order valence-corrected chi connectivity index (χ1v) is 13.8. The van der Waals surface area contributed by atoms with Crippen molar-refractivity contribution in [3.05, 3.63) is 133 Å². The van der Waals surface area contributed by atoms with E-state index >= 15 is 0 Å². The summed E-state index contributed by atoms with van der Waals surface area (Å²) in [6, 6.07) is 46.6. The largest absolute Gasteiger partial charge is 0.435 e. The zero-order chi connectivity index (χ0) is 25.8. The van der Waals surface area contributed by atoms with Gasteiger partial charge in [-0.25, -0.2) is 4.98 Å². The van der Waals surface area contributed by atoms with Gasteiger partial charge in [0.15, 0.2) is 5.58 Å². The normalized spacial score (nSPS) is 11.6. The van der Waals surface area contributed by atoms with Crippen LogP contribution in [0.5, 0.6) is 0 Å². The summed E-state index contributed by atoms with van der Waals surface area (Å²) in [6.45, 7) is 0. The minimum Gasteiger partial charge on any atom is -0.435 e. The Labute approximate surface area is 229 Å². The van der Waals surface area contributed by atoms with E-state index < -0.39 is 0 Å². The van der Waals surface area contributed by atoms with Crippen LogP contribution in [0.4, 0.5) is 17.1 Å². The molecule has 0 amide bonds. The van der Waals surface area contributed by atoms with Gasteiger partial charge in [-0.2, -0.15) is 0 Å². The van der Waals surface area contributed by atoms with Crippen molar-refractivity contribution in [2.24, 2.45) is 0 Å². The van der Waals surface area contributed by atoms with Gasteiger partial charge in [-0.1, -0.05) is 78.9 Å². The summed E-state index contributed by atoms with van der Waals surface area (Å²) in [5.74, 6) is 0.621. The predicted octanol–water partition coefficient (Wildman–Crippen LogP) is 10.5. The average molecular weight is 519 g/mol. The summed E-state index contributed by atoms with van der Waals surface area (Å²) in [5.41, 5.74) is 5.73. The summed E-state index contributed by atoms with van der Waals surface area (Å²) in [4.78, 5) is 7.40. The van der Waals surface area contributed by atoms with Gasteiger partial charge >= 0.3 is 0 Å². The third-order valence-electron chi connectivity index (χ3n) is 7.26. The SMILES string of the molecule is c1ccc(-c2nc3c(N(c4ccccc4)c4ccc5sc6ccccc6c5c4)cc4ccccc4c3o2)cc1. The molecule has 6 aromatic carbocycles. The van der Waals surface area contributed by atoms with Crippen LogP contribution in [0.2, 0.25) is 0 Å². The van der Waals surface area contributed by atoms with Gasteiger partial charge in [0.05, 0.1) is 5.69 Å². The molecule has 0 fully saturated rings. The molecule has 0 unspecified atom stereocenters. The molecule has 0 saturated carbocycles. The molecule has 0 atom stereocenters. The molecule has 8 aromatic rings. The smallest absolute Gasteiger partial charge is 0.227 e. The molecule has 0 aliphatic rings. The van der Waals surface area contributed by atoms with Crippen molar-refractivity contribution in [1.82, 2.24) is 4.98 Å². The first-order valence-electron chi connectivity index (χ1n) is 13.0. The minimum absolute atomic E-state index is 0.621. The quantitative estimate of drug-likeness (QED) is 0.232. The number of oxazole rings is 1. The number of thiophene rings is 1. The lowest BCUT2D eigenvalue weighted by molar-refractivity contribution is 0.623. The monoisotopic (exact) mass is 518 g/mol. The Hall–Kier alpha value is -4.93. The van der Waals surface area contributed by atoms with E-state index in [-0.39, 0.29) is 0 Å². The Bertz CT molecular complexity index is 2130. The van der Waals surface area contributed by atoms with E-state index in [1.54, 1.807) is 0 Å². The fourth-order valence-electron chi connectivity index (χ4n) is 5.45. The summed E-state index contributed by atoms with van der Waals surface area (Å²) in [5, 5.41) is 4.71. The number of hydrogen-bond donors (Lipinski definition) is 0. The highest BCUT2D eigenvalue weighted by Crippen LogP contribution is 2.44. The second kappa shape index (κ2) is 8.83. The fraction of sp³-hybridized carbons (Fsp3) is 0. The summed E-state index contributed by atoms with van der Waals surface area (Å²) in [6.07, 6.45) is 0. The zero-order valence-electron chi connectivity index (χ0n) is 20.9. The fourth-order valence-corrected chi connectivity index (χ4v) is 6.54. The topological polar surface area (TPSA) is 29.3 Å². The van der Waals surface area contributed by atoms with Gasteiger partial charge in [-0.15, -0.1) is 11.3 Å². The van der Waals surface area contributed by atoms with Crippen LogP contribution in [0.1, 0.15) is 0 Å². The Morgan fingerprint density at radius 3 is 2.10 bits per heavy atom. The van der Waals surface area contributed by atoms with E-state index in [0.29, 0.717) is 5.89 Å². The van der Waals surface area contributed by atoms with Gasteiger partial charge in [0, 0.05) is 42.5 Å². The van der Waals surface area contributed by atoms with Crippen LogP contribution in [0.15, 0.2) is 138 Å². The number of nitrogens with zero attached hydrogens (tertiary/aromatic N) is 2. The maximum atomic E-state index is 6.51. The Morgan fingerprint density at radius 2 is 1.26 bits per heavy atom. The molecule has 2 heterocycles. The van der Waals surface area contributed by atoms with Crippen LogP contribution in [0.3, 0.4) is 0 Å². The molecule has 8 rings (SSSR count). The molecule has 0 radical (unpaired) electrons. The number of anilines is 3. The van der Waals surface area contributed by atoms with Gasteiger partial charge in [-0.05, 0) is 60.0 Å². The molecule has 3 nitrogen and oxygen atoms in total. The Balaban J connectivity index is 1.44. The second-order valence-electron chi connectivity index (χ2n) is 9.63. The number of rotatable bonds is 4. The van der Waals surface area contributed by atoms with Crippen LogP contribution in [0, 0.1) is 0 Å². The molecule has 39 heavy (non-hydrogen) atoms. The maximum absolute atomic E-state index is 6.51. The summed E-state index contributed by atoms with van der Waals surface area (Å²) in [7, 11) is 0. The third-order valence-corrected chi connectivity index (χ3v) is 8.41. The van der Waals surface area contributed by atoms with Crippen LogP contribution in [0.25, 0.3) is 53.5 Å². The highest BCUT2D eigenvalue weighted by molar-refractivity contribution is 7.25. The van der Waals surface area contributed by atoms with Crippen molar-refractivity contribution in [3.63, 3.8) is 0 Å². The van der Waals surface area contributed by atoms with Crippen molar-refractivity contribution in [2.75, 3.05) is 4.90 Å². The number of aromatic nitrogens is 1. The van der Waals surface area contributed by atoms with Gasteiger partial charge in [0.2, 0.25) is 5.89 Å². The van der Waals surface area contributed by atoms with Crippen molar-refractivity contribution in [2.45, 2.75) is 0 Å². The molecule has 2 aromatic heterocycles. The van der Waals surface area contributed by atoms with Gasteiger partial charge < -0.3 is 9.32 Å². The van der Waals surface area contributed by atoms with E-state index in [2.05, 4.69) is 108 Å². The standard InChI is InChI=1S/C35H22N2OS/c1-3-11-23(12-4-1)35-36-33-30(21-24-13-7-8-16-27(24)34(33)38-35)37(25-14-5-2-6-15-25)26-19-20-32-29(22-26)28-17-9-10-18-31(28)39-32/h1-22H.